The highest BCUT2D eigenvalue weighted by molar-refractivity contribution is 8.24. The SMILES string of the molecule is N#CC1(NC(=O)[C@@H]2CCCC[C@H]2c2oc(-c3ccc(F)c(Cl)c3)nc2-c2ccc(N3CCS(O)(O)CC3)cc2)CC1. The summed E-state index contributed by atoms with van der Waals surface area (Å²) >= 11 is 6.07. The fourth-order valence-corrected chi connectivity index (χ4v) is 7.24. The molecule has 216 valence electrons. The summed E-state index contributed by atoms with van der Waals surface area (Å²) in [5.74, 6) is 0.329. The molecule has 0 unspecified atom stereocenters. The molecular formula is C30H32ClFN4O4S. The number of nitrogens with one attached hydrogen (secondary N) is 1. The van der Waals surface area contributed by atoms with E-state index in [1.54, 1.807) is 6.07 Å². The van der Waals surface area contributed by atoms with Crippen LogP contribution in [0.4, 0.5) is 10.1 Å². The van der Waals surface area contributed by atoms with Crippen molar-refractivity contribution in [2.24, 2.45) is 5.92 Å². The lowest BCUT2D eigenvalue weighted by Gasteiger charge is -2.41. The molecule has 0 radical (unpaired) electrons. The Hall–Kier alpha value is -3.10. The van der Waals surface area contributed by atoms with Gasteiger partial charge in [-0.05, 0) is 56.0 Å². The van der Waals surface area contributed by atoms with Crippen LogP contribution in [-0.4, -0.2) is 50.1 Å². The predicted molar refractivity (Wildman–Crippen MR) is 158 cm³/mol. The number of anilines is 1. The molecule has 6 rings (SSSR count). The Bertz CT molecular complexity index is 1490. The second kappa shape index (κ2) is 11.0. The summed E-state index contributed by atoms with van der Waals surface area (Å²) in [6.45, 7) is 1.13. The fourth-order valence-electron chi connectivity index (χ4n) is 5.83. The van der Waals surface area contributed by atoms with Crippen molar-refractivity contribution in [1.29, 1.82) is 5.26 Å². The summed E-state index contributed by atoms with van der Waals surface area (Å²) in [5, 5.41) is 12.5. The van der Waals surface area contributed by atoms with Crippen LogP contribution in [0.5, 0.6) is 0 Å². The van der Waals surface area contributed by atoms with E-state index < -0.39 is 21.9 Å². The van der Waals surface area contributed by atoms with Crippen molar-refractivity contribution in [3.05, 3.63) is 59.1 Å². The van der Waals surface area contributed by atoms with Crippen molar-refractivity contribution >= 4 is 33.8 Å². The number of aromatic nitrogens is 1. The summed E-state index contributed by atoms with van der Waals surface area (Å²) < 4.78 is 40.3. The molecule has 2 aliphatic carbocycles. The first-order valence-electron chi connectivity index (χ1n) is 14.0. The maximum Gasteiger partial charge on any atom is 0.226 e. The van der Waals surface area contributed by atoms with Gasteiger partial charge in [0.25, 0.3) is 0 Å². The predicted octanol–water partition coefficient (Wildman–Crippen LogP) is 6.82. The molecule has 3 fully saturated rings. The van der Waals surface area contributed by atoms with Gasteiger partial charge in [-0.3, -0.25) is 13.9 Å². The molecule has 3 N–H and O–H groups in total. The Balaban J connectivity index is 1.35. The minimum Gasteiger partial charge on any atom is -0.440 e. The van der Waals surface area contributed by atoms with E-state index in [-0.39, 0.29) is 22.8 Å². The Morgan fingerprint density at radius 3 is 2.46 bits per heavy atom. The minimum absolute atomic E-state index is 0.0348. The van der Waals surface area contributed by atoms with Crippen molar-refractivity contribution in [3.63, 3.8) is 0 Å². The number of halogens is 2. The van der Waals surface area contributed by atoms with E-state index in [4.69, 9.17) is 21.0 Å². The molecule has 0 spiro atoms. The zero-order valence-electron chi connectivity index (χ0n) is 22.5. The summed E-state index contributed by atoms with van der Waals surface area (Å²) in [5.41, 5.74) is 2.18. The van der Waals surface area contributed by atoms with E-state index in [1.807, 2.05) is 24.3 Å². The Kier molecular flexibility index (Phi) is 7.49. The number of hydrogen-bond acceptors (Lipinski definition) is 7. The first-order valence-corrected chi connectivity index (χ1v) is 16.2. The van der Waals surface area contributed by atoms with E-state index in [9.17, 15) is 23.6 Å². The van der Waals surface area contributed by atoms with Crippen molar-refractivity contribution < 1.29 is 22.7 Å². The van der Waals surface area contributed by atoms with Crippen LogP contribution >= 0.6 is 22.2 Å². The maximum absolute atomic E-state index is 13.9. The number of carbonyl (C=O) groups is 1. The molecule has 2 heterocycles. The Morgan fingerprint density at radius 2 is 1.80 bits per heavy atom. The van der Waals surface area contributed by atoms with Gasteiger partial charge in [0.2, 0.25) is 11.8 Å². The van der Waals surface area contributed by atoms with Crippen molar-refractivity contribution in [3.8, 4) is 28.8 Å². The van der Waals surface area contributed by atoms with Crippen molar-refractivity contribution in [2.45, 2.75) is 50.0 Å². The first kappa shape index (κ1) is 28.0. The third-order valence-electron chi connectivity index (χ3n) is 8.47. The average Bonchev–Trinajstić information content (AvgIpc) is 3.61. The Labute approximate surface area is 244 Å². The second-order valence-electron chi connectivity index (χ2n) is 11.3. The van der Waals surface area contributed by atoms with Crippen LogP contribution in [0.25, 0.3) is 22.7 Å². The average molecular weight is 599 g/mol. The van der Waals surface area contributed by atoms with E-state index in [1.165, 1.54) is 12.1 Å². The smallest absolute Gasteiger partial charge is 0.226 e. The van der Waals surface area contributed by atoms with Crippen LogP contribution < -0.4 is 10.2 Å². The number of benzene rings is 2. The molecule has 0 bridgehead atoms. The third-order valence-corrected chi connectivity index (χ3v) is 10.4. The van der Waals surface area contributed by atoms with Crippen LogP contribution in [0.15, 0.2) is 46.9 Å². The number of nitrogens with zero attached hydrogens (tertiary/aromatic N) is 3. The van der Waals surface area contributed by atoms with E-state index in [0.29, 0.717) is 66.8 Å². The quantitative estimate of drug-likeness (QED) is 0.284. The zero-order valence-corrected chi connectivity index (χ0v) is 24.1. The summed E-state index contributed by atoms with van der Waals surface area (Å²) in [4.78, 5) is 20.4. The molecule has 11 heteroatoms. The molecule has 2 aromatic carbocycles. The lowest BCUT2D eigenvalue weighted by Crippen LogP contribution is -2.42. The summed E-state index contributed by atoms with van der Waals surface area (Å²) in [6, 6.07) is 14.4. The molecule has 8 nitrogen and oxygen atoms in total. The van der Waals surface area contributed by atoms with E-state index in [2.05, 4.69) is 16.3 Å². The summed E-state index contributed by atoms with van der Waals surface area (Å²) in [6.07, 6.45) is 4.59. The molecule has 1 saturated heterocycles. The number of oxazole rings is 1. The number of amides is 1. The normalized spacial score (nSPS) is 23.8. The van der Waals surface area contributed by atoms with E-state index >= 15 is 0 Å². The number of hydrogen-bond donors (Lipinski definition) is 3. The molecule has 1 aromatic heterocycles. The molecule has 1 amide bonds. The topological polar surface area (TPSA) is 123 Å². The van der Waals surface area contributed by atoms with Crippen LogP contribution in [0.3, 0.4) is 0 Å². The second-order valence-corrected chi connectivity index (χ2v) is 14.1. The van der Waals surface area contributed by atoms with Gasteiger partial charge in [-0.1, -0.05) is 36.6 Å². The largest absolute Gasteiger partial charge is 0.440 e. The van der Waals surface area contributed by atoms with Crippen LogP contribution in [0, 0.1) is 23.1 Å². The number of rotatable bonds is 6. The van der Waals surface area contributed by atoms with Crippen LogP contribution in [0.2, 0.25) is 5.02 Å². The minimum atomic E-state index is -2.49. The highest BCUT2D eigenvalue weighted by Crippen LogP contribution is 2.46. The summed E-state index contributed by atoms with van der Waals surface area (Å²) in [7, 11) is -2.49. The van der Waals surface area contributed by atoms with Gasteiger partial charge in [0.05, 0.1) is 22.6 Å². The zero-order chi connectivity index (χ0) is 28.8. The van der Waals surface area contributed by atoms with Gasteiger partial charge in [0.1, 0.15) is 22.8 Å². The van der Waals surface area contributed by atoms with Crippen molar-refractivity contribution in [2.75, 3.05) is 29.5 Å². The third kappa shape index (κ3) is 5.82. The number of carbonyl (C=O) groups excluding carboxylic acids is 1. The lowest BCUT2D eigenvalue weighted by molar-refractivity contribution is -0.127. The van der Waals surface area contributed by atoms with Gasteiger partial charge in [-0.15, -0.1) is 0 Å². The van der Waals surface area contributed by atoms with Gasteiger partial charge in [0, 0.05) is 41.7 Å². The van der Waals surface area contributed by atoms with Gasteiger partial charge in [0.15, 0.2) is 0 Å². The van der Waals surface area contributed by atoms with Crippen LogP contribution in [0.1, 0.15) is 50.2 Å². The van der Waals surface area contributed by atoms with E-state index in [0.717, 1.165) is 30.5 Å². The van der Waals surface area contributed by atoms with Gasteiger partial charge >= 0.3 is 0 Å². The highest BCUT2D eigenvalue weighted by atomic mass is 35.5. The monoisotopic (exact) mass is 598 g/mol. The highest BCUT2D eigenvalue weighted by Gasteiger charge is 2.47. The van der Waals surface area contributed by atoms with Gasteiger partial charge in [-0.25, -0.2) is 9.37 Å². The van der Waals surface area contributed by atoms with Gasteiger partial charge in [-0.2, -0.15) is 15.9 Å². The van der Waals surface area contributed by atoms with Crippen LogP contribution in [-0.2, 0) is 4.79 Å². The molecule has 3 aromatic rings. The van der Waals surface area contributed by atoms with Gasteiger partial charge < -0.3 is 14.6 Å². The molecule has 41 heavy (non-hydrogen) atoms. The first-order chi connectivity index (χ1) is 19.7. The standard InChI is InChI=1S/C30H32ClFN4O4S/c31-24-17-20(7-10-25(24)32)29-34-26(19-5-8-21(9-6-19)36-13-15-41(38,39)16-14-36)27(40-29)22-3-1-2-4-23(22)28(37)35-30(18-33)11-12-30/h5-10,17,22-23,38-39H,1-4,11-16H2,(H,35,37)/t22-,23-/m1/s1. The number of nitriles is 1. The molecule has 2 saturated carbocycles. The molecule has 1 aliphatic heterocycles. The fraction of sp³-hybridized carbons (Fsp3) is 0.433. The lowest BCUT2D eigenvalue weighted by atomic mass is 9.76. The molecule has 2 atom stereocenters. The molecule has 3 aliphatic rings. The maximum atomic E-state index is 13.9. The molecular weight excluding hydrogens is 567 g/mol. The Morgan fingerprint density at radius 1 is 1.12 bits per heavy atom. The van der Waals surface area contributed by atoms with Crippen molar-refractivity contribution in [1.82, 2.24) is 10.3 Å².